The molecule has 10 heteroatoms. The van der Waals surface area contributed by atoms with Gasteiger partial charge in [0, 0.05) is 31.2 Å². The molecule has 0 saturated carbocycles. The summed E-state index contributed by atoms with van der Waals surface area (Å²) >= 11 is 6.17. The molecule has 2 aliphatic rings. The number of hydrogen-bond acceptors (Lipinski definition) is 5. The van der Waals surface area contributed by atoms with Crippen LogP contribution in [0.4, 0.5) is 0 Å². The van der Waals surface area contributed by atoms with Gasteiger partial charge in [-0.2, -0.15) is 17.0 Å². The van der Waals surface area contributed by atoms with E-state index in [2.05, 4.69) is 0 Å². The quantitative estimate of drug-likeness (QED) is 0.747. The van der Waals surface area contributed by atoms with E-state index in [1.807, 2.05) is 0 Å². The number of hydrogen-bond donors (Lipinski definition) is 0. The molecule has 1 unspecified atom stereocenters. The monoisotopic (exact) mass is 408 g/mol. The van der Waals surface area contributed by atoms with Crippen LogP contribution < -0.4 is 0 Å². The lowest BCUT2D eigenvalue weighted by molar-refractivity contribution is 0.0703. The van der Waals surface area contributed by atoms with Crippen molar-refractivity contribution in [3.63, 3.8) is 0 Å². The zero-order valence-electron chi connectivity index (χ0n) is 13.7. The summed E-state index contributed by atoms with van der Waals surface area (Å²) in [6, 6.07) is 6.82. The van der Waals surface area contributed by atoms with Gasteiger partial charge in [0.1, 0.15) is 0 Å². The minimum absolute atomic E-state index is 0.0387. The van der Waals surface area contributed by atoms with Crippen molar-refractivity contribution in [3.05, 3.63) is 34.9 Å². The number of sulfone groups is 1. The number of morpholine rings is 1. The van der Waals surface area contributed by atoms with E-state index in [9.17, 15) is 16.8 Å². The molecule has 1 atom stereocenters. The number of rotatable bonds is 3. The van der Waals surface area contributed by atoms with Crippen LogP contribution in [0, 0.1) is 0 Å². The Hall–Kier alpha value is -0.710. The Morgan fingerprint density at radius 2 is 1.68 bits per heavy atom. The molecule has 0 aliphatic carbocycles. The maximum absolute atomic E-state index is 12.8. The molecule has 2 aliphatic heterocycles. The number of nitrogens with zero attached hydrogens (tertiary/aromatic N) is 2. The zero-order valence-corrected chi connectivity index (χ0v) is 16.1. The van der Waals surface area contributed by atoms with Crippen molar-refractivity contribution >= 4 is 31.6 Å². The molecular formula is C15H21ClN2O5S2. The van der Waals surface area contributed by atoms with Gasteiger partial charge in [0.05, 0.1) is 24.2 Å². The van der Waals surface area contributed by atoms with Crippen LogP contribution >= 0.6 is 11.6 Å². The molecular weight excluding hydrogens is 388 g/mol. The van der Waals surface area contributed by atoms with Crippen LogP contribution in [-0.2, 0) is 24.8 Å². The van der Waals surface area contributed by atoms with Crippen molar-refractivity contribution < 1.29 is 21.6 Å². The van der Waals surface area contributed by atoms with Gasteiger partial charge in [-0.25, -0.2) is 8.42 Å². The van der Waals surface area contributed by atoms with E-state index in [1.165, 1.54) is 8.61 Å². The van der Waals surface area contributed by atoms with Gasteiger partial charge in [-0.15, -0.1) is 0 Å². The van der Waals surface area contributed by atoms with Gasteiger partial charge in [0.15, 0.2) is 9.84 Å². The van der Waals surface area contributed by atoms with Crippen molar-refractivity contribution in [1.82, 2.24) is 8.61 Å². The summed E-state index contributed by atoms with van der Waals surface area (Å²) in [5.41, 5.74) is 0.537. The second-order valence-electron chi connectivity index (χ2n) is 6.08. The first-order valence-corrected chi connectivity index (χ1v) is 11.6. The second-order valence-corrected chi connectivity index (χ2v) is 10.7. The molecule has 0 bridgehead atoms. The summed E-state index contributed by atoms with van der Waals surface area (Å²) in [7, 11) is -7.18. The van der Waals surface area contributed by atoms with Gasteiger partial charge in [0.2, 0.25) is 0 Å². The van der Waals surface area contributed by atoms with Gasteiger partial charge in [-0.05, 0) is 18.1 Å². The average Bonchev–Trinajstić information content (AvgIpc) is 2.75. The molecule has 2 heterocycles. The predicted octanol–water partition coefficient (Wildman–Crippen LogP) is 1.08. The van der Waals surface area contributed by atoms with Crippen molar-refractivity contribution in [2.24, 2.45) is 0 Å². The van der Waals surface area contributed by atoms with Crippen LogP contribution in [-0.4, -0.2) is 70.6 Å². The standard InChI is InChI=1S/C15H21ClN2O5S2/c16-14-4-2-1-3-13(14)15-5-6-17(9-12-24(15,19)20)25(21,22)18-7-10-23-11-8-18/h1-4,15H,5-12H2. The van der Waals surface area contributed by atoms with Gasteiger partial charge in [-0.3, -0.25) is 0 Å². The predicted molar refractivity (Wildman–Crippen MR) is 95.5 cm³/mol. The normalized spacial score (nSPS) is 26.2. The fourth-order valence-electron chi connectivity index (χ4n) is 3.18. The van der Waals surface area contributed by atoms with Crippen molar-refractivity contribution in [2.45, 2.75) is 11.7 Å². The molecule has 140 valence electrons. The molecule has 1 aromatic carbocycles. The minimum atomic E-state index is -3.69. The Bertz CT molecular complexity index is 822. The maximum Gasteiger partial charge on any atom is 0.282 e. The maximum atomic E-state index is 12.8. The molecule has 0 aromatic heterocycles. The van der Waals surface area contributed by atoms with E-state index in [4.69, 9.17) is 16.3 Å². The fraction of sp³-hybridized carbons (Fsp3) is 0.600. The lowest BCUT2D eigenvalue weighted by Crippen LogP contribution is -2.49. The molecule has 3 rings (SSSR count). The molecule has 0 amide bonds. The van der Waals surface area contributed by atoms with Crippen molar-refractivity contribution in [3.8, 4) is 0 Å². The Morgan fingerprint density at radius 1 is 1.04 bits per heavy atom. The van der Waals surface area contributed by atoms with Gasteiger partial charge in [-0.1, -0.05) is 29.8 Å². The molecule has 0 radical (unpaired) electrons. The average molecular weight is 409 g/mol. The minimum Gasteiger partial charge on any atom is -0.379 e. The van der Waals surface area contributed by atoms with Crippen LogP contribution in [0.3, 0.4) is 0 Å². The fourth-order valence-corrected chi connectivity index (χ4v) is 7.04. The Labute approximate surface area is 153 Å². The largest absolute Gasteiger partial charge is 0.379 e. The van der Waals surface area contributed by atoms with Crippen LogP contribution in [0.15, 0.2) is 24.3 Å². The van der Waals surface area contributed by atoms with Crippen LogP contribution in [0.1, 0.15) is 17.2 Å². The van der Waals surface area contributed by atoms with Gasteiger partial charge < -0.3 is 4.74 Å². The van der Waals surface area contributed by atoms with E-state index in [0.29, 0.717) is 36.9 Å². The highest BCUT2D eigenvalue weighted by atomic mass is 35.5. The topological polar surface area (TPSA) is 84.0 Å². The number of halogens is 1. The zero-order chi connectivity index (χ0) is 18.1. The van der Waals surface area contributed by atoms with E-state index in [0.717, 1.165) is 0 Å². The van der Waals surface area contributed by atoms with Crippen LogP contribution in [0.25, 0.3) is 0 Å². The molecule has 2 fully saturated rings. The number of benzene rings is 1. The molecule has 7 nitrogen and oxygen atoms in total. The lowest BCUT2D eigenvalue weighted by atomic mass is 10.1. The summed E-state index contributed by atoms with van der Waals surface area (Å²) in [6.07, 6.45) is 0.190. The summed E-state index contributed by atoms with van der Waals surface area (Å²) in [4.78, 5) is 0. The third-order valence-corrected chi connectivity index (χ3v) is 9.06. The second kappa shape index (κ2) is 7.50. The van der Waals surface area contributed by atoms with E-state index in [-0.39, 0.29) is 25.3 Å². The Morgan fingerprint density at radius 3 is 2.36 bits per heavy atom. The highest BCUT2D eigenvalue weighted by Crippen LogP contribution is 2.34. The molecule has 0 N–H and O–H groups in total. The van der Waals surface area contributed by atoms with Gasteiger partial charge in [0.25, 0.3) is 10.2 Å². The van der Waals surface area contributed by atoms with E-state index >= 15 is 0 Å². The molecule has 25 heavy (non-hydrogen) atoms. The first kappa shape index (κ1) is 19.1. The first-order valence-electron chi connectivity index (χ1n) is 8.11. The third kappa shape index (κ3) is 4.01. The van der Waals surface area contributed by atoms with Gasteiger partial charge >= 0.3 is 0 Å². The van der Waals surface area contributed by atoms with E-state index < -0.39 is 25.3 Å². The summed E-state index contributed by atoms with van der Waals surface area (Å²) < 4.78 is 58.8. The smallest absolute Gasteiger partial charge is 0.282 e. The highest BCUT2D eigenvalue weighted by Gasteiger charge is 2.38. The molecule has 0 spiro atoms. The van der Waals surface area contributed by atoms with E-state index in [1.54, 1.807) is 24.3 Å². The highest BCUT2D eigenvalue weighted by molar-refractivity contribution is 7.91. The first-order chi connectivity index (χ1) is 11.8. The summed E-state index contributed by atoms with van der Waals surface area (Å²) in [6.45, 7) is 1.40. The number of ether oxygens (including phenoxy) is 1. The van der Waals surface area contributed by atoms with Crippen LogP contribution in [0.5, 0.6) is 0 Å². The summed E-state index contributed by atoms with van der Waals surface area (Å²) in [5.74, 6) is -0.216. The third-order valence-electron chi connectivity index (χ3n) is 4.57. The Kier molecular flexibility index (Phi) is 5.72. The van der Waals surface area contributed by atoms with Crippen molar-refractivity contribution in [1.29, 1.82) is 0 Å². The molecule has 2 saturated heterocycles. The lowest BCUT2D eigenvalue weighted by Gasteiger charge is -2.31. The Balaban J connectivity index is 1.84. The summed E-state index contributed by atoms with van der Waals surface area (Å²) in [5, 5.41) is -0.397. The van der Waals surface area contributed by atoms with Crippen LogP contribution in [0.2, 0.25) is 5.02 Å². The SMILES string of the molecule is O=S1(=O)CCN(S(=O)(=O)N2CCOCC2)CCC1c1ccccc1Cl. The van der Waals surface area contributed by atoms with Crippen molar-refractivity contribution in [2.75, 3.05) is 45.1 Å². The molecule has 1 aromatic rings.